The zero-order valence-electron chi connectivity index (χ0n) is 13.8. The van der Waals surface area contributed by atoms with Crippen LogP contribution in [0.4, 0.5) is 0 Å². The standard InChI is InChI=1S/C18H31N3O/c22-18(12-14-10-15-5-6-16(11-14)19-15)21-9-3-4-17(21)13-20-7-1-2-8-20/h14-17,19H,1-13H2. The van der Waals surface area contributed by atoms with E-state index >= 15 is 0 Å². The number of carbonyl (C=O) groups is 1. The van der Waals surface area contributed by atoms with Crippen LogP contribution in [0.3, 0.4) is 0 Å². The topological polar surface area (TPSA) is 35.6 Å². The second-order valence-electron chi connectivity index (χ2n) is 8.07. The fourth-order valence-electron chi connectivity index (χ4n) is 5.32. The van der Waals surface area contributed by atoms with E-state index in [0.29, 0.717) is 30.0 Å². The Morgan fingerprint density at radius 2 is 1.68 bits per heavy atom. The van der Waals surface area contributed by atoms with E-state index in [1.54, 1.807) is 0 Å². The summed E-state index contributed by atoms with van der Waals surface area (Å²) in [5.41, 5.74) is 0. The predicted molar refractivity (Wildman–Crippen MR) is 87.7 cm³/mol. The zero-order chi connectivity index (χ0) is 14.9. The summed E-state index contributed by atoms with van der Waals surface area (Å²) >= 11 is 0. The Labute approximate surface area is 134 Å². The first-order valence-electron chi connectivity index (χ1n) is 9.56. The lowest BCUT2D eigenvalue weighted by Gasteiger charge is -2.32. The van der Waals surface area contributed by atoms with Gasteiger partial charge in [0, 0.05) is 37.6 Å². The fraction of sp³-hybridized carbons (Fsp3) is 0.944. The van der Waals surface area contributed by atoms with E-state index in [1.165, 1.54) is 64.5 Å². The van der Waals surface area contributed by atoms with Gasteiger partial charge < -0.3 is 15.1 Å². The first-order chi connectivity index (χ1) is 10.8. The molecule has 124 valence electrons. The molecule has 0 spiro atoms. The predicted octanol–water partition coefficient (Wildman–Crippen LogP) is 1.99. The molecule has 3 atom stereocenters. The number of nitrogens with zero attached hydrogens (tertiary/aromatic N) is 2. The Kier molecular flexibility index (Phi) is 4.40. The van der Waals surface area contributed by atoms with Crippen LogP contribution in [0.2, 0.25) is 0 Å². The maximum Gasteiger partial charge on any atom is 0.223 e. The van der Waals surface area contributed by atoms with Gasteiger partial charge in [0.05, 0.1) is 0 Å². The van der Waals surface area contributed by atoms with Gasteiger partial charge in [-0.15, -0.1) is 0 Å². The van der Waals surface area contributed by atoms with Crippen LogP contribution in [0.5, 0.6) is 0 Å². The quantitative estimate of drug-likeness (QED) is 0.863. The average molecular weight is 305 g/mol. The van der Waals surface area contributed by atoms with E-state index in [-0.39, 0.29) is 0 Å². The summed E-state index contributed by atoms with van der Waals surface area (Å²) in [6.45, 7) is 4.63. The van der Waals surface area contributed by atoms with Crippen molar-refractivity contribution in [2.75, 3.05) is 26.2 Å². The molecule has 3 unspecified atom stereocenters. The molecule has 0 aromatic carbocycles. The molecule has 4 heterocycles. The first kappa shape index (κ1) is 14.9. The number of carbonyl (C=O) groups excluding carboxylic acids is 1. The summed E-state index contributed by atoms with van der Waals surface area (Å²) < 4.78 is 0. The third-order valence-corrected chi connectivity index (χ3v) is 6.40. The Bertz CT molecular complexity index is 395. The van der Waals surface area contributed by atoms with Crippen LogP contribution in [0.1, 0.15) is 57.8 Å². The van der Waals surface area contributed by atoms with Crippen molar-refractivity contribution in [1.82, 2.24) is 15.1 Å². The lowest BCUT2D eigenvalue weighted by atomic mass is 9.89. The van der Waals surface area contributed by atoms with Gasteiger partial charge in [-0.25, -0.2) is 0 Å². The molecule has 0 saturated carbocycles. The highest BCUT2D eigenvalue weighted by molar-refractivity contribution is 5.77. The molecule has 0 radical (unpaired) electrons. The minimum absolute atomic E-state index is 0.452. The molecule has 4 rings (SSSR count). The van der Waals surface area contributed by atoms with Gasteiger partial charge in [0.25, 0.3) is 0 Å². The van der Waals surface area contributed by atoms with E-state index in [1.807, 2.05) is 0 Å². The molecular formula is C18H31N3O. The van der Waals surface area contributed by atoms with Crippen LogP contribution < -0.4 is 5.32 Å². The SMILES string of the molecule is O=C(CC1CC2CCC(C1)N2)N1CCCC1CN1CCCC1. The van der Waals surface area contributed by atoms with E-state index in [0.717, 1.165) is 19.5 Å². The van der Waals surface area contributed by atoms with E-state index in [2.05, 4.69) is 15.1 Å². The maximum atomic E-state index is 12.8. The van der Waals surface area contributed by atoms with E-state index < -0.39 is 0 Å². The molecule has 1 amide bonds. The van der Waals surface area contributed by atoms with Gasteiger partial charge in [0.2, 0.25) is 5.91 Å². The van der Waals surface area contributed by atoms with Crippen LogP contribution in [0.15, 0.2) is 0 Å². The van der Waals surface area contributed by atoms with Crippen LogP contribution in [-0.2, 0) is 4.79 Å². The van der Waals surface area contributed by atoms with Gasteiger partial charge >= 0.3 is 0 Å². The van der Waals surface area contributed by atoms with Crippen molar-refractivity contribution in [1.29, 1.82) is 0 Å². The molecule has 0 aromatic heterocycles. The Morgan fingerprint density at radius 3 is 2.41 bits per heavy atom. The van der Waals surface area contributed by atoms with Crippen molar-refractivity contribution in [3.63, 3.8) is 0 Å². The van der Waals surface area contributed by atoms with Crippen molar-refractivity contribution in [2.45, 2.75) is 75.9 Å². The molecular weight excluding hydrogens is 274 g/mol. The summed E-state index contributed by atoms with van der Waals surface area (Å²) in [6, 6.07) is 1.91. The van der Waals surface area contributed by atoms with Gasteiger partial charge in [-0.1, -0.05) is 0 Å². The molecule has 1 N–H and O–H groups in total. The van der Waals surface area contributed by atoms with Crippen molar-refractivity contribution < 1.29 is 4.79 Å². The minimum Gasteiger partial charge on any atom is -0.338 e. The molecule has 4 aliphatic heterocycles. The van der Waals surface area contributed by atoms with Gasteiger partial charge in [-0.05, 0) is 70.4 Å². The summed E-state index contributed by atoms with van der Waals surface area (Å²) in [7, 11) is 0. The Hall–Kier alpha value is -0.610. The highest BCUT2D eigenvalue weighted by atomic mass is 16.2. The number of amides is 1. The number of hydrogen-bond acceptors (Lipinski definition) is 3. The van der Waals surface area contributed by atoms with Crippen LogP contribution >= 0.6 is 0 Å². The molecule has 4 fully saturated rings. The number of hydrogen-bond donors (Lipinski definition) is 1. The summed E-state index contributed by atoms with van der Waals surface area (Å²) in [5, 5.41) is 3.69. The lowest BCUT2D eigenvalue weighted by Crippen LogP contribution is -2.44. The Balaban J connectivity index is 1.31. The zero-order valence-corrected chi connectivity index (χ0v) is 13.8. The second kappa shape index (κ2) is 6.48. The number of rotatable bonds is 4. The van der Waals surface area contributed by atoms with Gasteiger partial charge in [-0.3, -0.25) is 4.79 Å². The summed E-state index contributed by atoms with van der Waals surface area (Å²) in [4.78, 5) is 17.6. The third kappa shape index (κ3) is 3.18. The normalized spacial score (nSPS) is 38.8. The highest BCUT2D eigenvalue weighted by Crippen LogP contribution is 2.33. The number of fused-ring (bicyclic) bond motifs is 2. The largest absolute Gasteiger partial charge is 0.338 e. The van der Waals surface area contributed by atoms with E-state index in [9.17, 15) is 4.79 Å². The van der Waals surface area contributed by atoms with Crippen molar-refractivity contribution in [3.05, 3.63) is 0 Å². The Morgan fingerprint density at radius 1 is 0.955 bits per heavy atom. The molecule has 4 saturated heterocycles. The molecule has 4 aliphatic rings. The van der Waals surface area contributed by atoms with Crippen LogP contribution in [-0.4, -0.2) is 60.0 Å². The average Bonchev–Trinajstić information content (AvgIpc) is 3.22. The smallest absolute Gasteiger partial charge is 0.223 e. The number of likely N-dealkylation sites (tertiary alicyclic amines) is 2. The molecule has 0 aromatic rings. The monoisotopic (exact) mass is 305 g/mol. The highest BCUT2D eigenvalue weighted by Gasteiger charge is 2.36. The summed E-state index contributed by atoms with van der Waals surface area (Å²) in [6.07, 6.45) is 11.1. The van der Waals surface area contributed by atoms with Crippen molar-refractivity contribution in [2.24, 2.45) is 5.92 Å². The maximum absolute atomic E-state index is 12.8. The number of piperidine rings is 1. The lowest BCUT2D eigenvalue weighted by molar-refractivity contribution is -0.133. The van der Waals surface area contributed by atoms with Crippen molar-refractivity contribution in [3.8, 4) is 0 Å². The summed E-state index contributed by atoms with van der Waals surface area (Å²) in [5.74, 6) is 1.09. The van der Waals surface area contributed by atoms with Crippen molar-refractivity contribution >= 4 is 5.91 Å². The molecule has 22 heavy (non-hydrogen) atoms. The minimum atomic E-state index is 0.452. The molecule has 4 nitrogen and oxygen atoms in total. The van der Waals surface area contributed by atoms with Gasteiger partial charge in [0.1, 0.15) is 0 Å². The third-order valence-electron chi connectivity index (χ3n) is 6.40. The first-order valence-corrected chi connectivity index (χ1v) is 9.56. The second-order valence-corrected chi connectivity index (χ2v) is 8.07. The molecule has 0 aliphatic carbocycles. The van der Waals surface area contributed by atoms with E-state index in [4.69, 9.17) is 0 Å². The van der Waals surface area contributed by atoms with Crippen LogP contribution in [0.25, 0.3) is 0 Å². The van der Waals surface area contributed by atoms with Gasteiger partial charge in [-0.2, -0.15) is 0 Å². The fourth-order valence-corrected chi connectivity index (χ4v) is 5.32. The molecule has 4 heteroatoms. The van der Waals surface area contributed by atoms with Crippen LogP contribution in [0, 0.1) is 5.92 Å². The van der Waals surface area contributed by atoms with Gasteiger partial charge in [0.15, 0.2) is 0 Å². The molecule has 2 bridgehead atoms. The number of nitrogens with one attached hydrogen (secondary N) is 1.